The van der Waals surface area contributed by atoms with Gasteiger partial charge in [-0.05, 0) is 155 Å². The lowest BCUT2D eigenvalue weighted by molar-refractivity contribution is 1.15. The van der Waals surface area contributed by atoms with E-state index in [9.17, 15) is 0 Å². The first kappa shape index (κ1) is 55.1. The average molecular weight is 969 g/mol. The van der Waals surface area contributed by atoms with Crippen LogP contribution in [0.25, 0.3) is 65.7 Å². The zero-order chi connectivity index (χ0) is 53.0. The van der Waals surface area contributed by atoms with Crippen LogP contribution in [0.3, 0.4) is 0 Å². The maximum atomic E-state index is 3.98. The third-order valence-corrected chi connectivity index (χ3v) is 12.8. The second kappa shape index (κ2) is 27.6. The molecule has 0 saturated heterocycles. The quantitative estimate of drug-likeness (QED) is 0.0889. The van der Waals surface area contributed by atoms with Gasteiger partial charge in [-0.15, -0.1) is 0 Å². The first-order valence-corrected chi connectivity index (χ1v) is 26.8. The summed E-state index contributed by atoms with van der Waals surface area (Å²) in [4.78, 5) is 4.77. The molecule has 9 aromatic rings. The Kier molecular flexibility index (Phi) is 20.5. The summed E-state index contributed by atoms with van der Waals surface area (Å²) in [6.07, 6.45) is 17.6. The molecule has 0 unspecified atom stereocenters. The van der Waals surface area contributed by atoms with Gasteiger partial charge in [0.05, 0.1) is 5.69 Å². The van der Waals surface area contributed by atoms with Crippen LogP contribution in [-0.4, -0.2) is 0 Å². The van der Waals surface area contributed by atoms with Gasteiger partial charge in [0.25, 0.3) is 0 Å². The Morgan fingerprint density at radius 2 is 1.01 bits per heavy atom. The number of hydrogen-bond donors (Lipinski definition) is 0. The highest BCUT2D eigenvalue weighted by atomic mass is 15.2. The van der Waals surface area contributed by atoms with Crippen molar-refractivity contribution < 1.29 is 0 Å². The maximum absolute atomic E-state index is 3.98. The van der Waals surface area contributed by atoms with Gasteiger partial charge in [0.2, 0.25) is 0 Å². The van der Waals surface area contributed by atoms with Crippen LogP contribution in [0.1, 0.15) is 82.6 Å². The largest absolute Gasteiger partial charge is 0.310 e. The van der Waals surface area contributed by atoms with E-state index in [0.29, 0.717) is 0 Å². The molecule has 0 N–H and O–H groups in total. The minimum Gasteiger partial charge on any atom is -0.310 e. The van der Waals surface area contributed by atoms with Crippen molar-refractivity contribution in [2.45, 2.75) is 82.6 Å². The maximum Gasteiger partial charge on any atom is 0.0540 e. The molecular formula is C72H76N2. The molecule has 0 aromatic heterocycles. The van der Waals surface area contributed by atoms with Gasteiger partial charge in [-0.2, -0.15) is 0 Å². The Hall–Kier alpha value is -8.20. The summed E-state index contributed by atoms with van der Waals surface area (Å²) in [7, 11) is 0. The Morgan fingerprint density at radius 1 is 0.473 bits per heavy atom. The van der Waals surface area contributed by atoms with Crippen LogP contribution in [0.5, 0.6) is 0 Å². The van der Waals surface area contributed by atoms with Crippen LogP contribution in [0, 0.1) is 0 Å². The number of para-hydroxylation sites is 1. The summed E-state index contributed by atoms with van der Waals surface area (Å²) in [5.74, 6) is 0. The number of rotatable bonds is 12. The van der Waals surface area contributed by atoms with Gasteiger partial charge in [-0.1, -0.05) is 243 Å². The first-order chi connectivity index (χ1) is 36.4. The van der Waals surface area contributed by atoms with Crippen molar-refractivity contribution in [3.8, 4) is 33.4 Å². The molecule has 0 atom stereocenters. The molecule has 1 aliphatic rings. The zero-order valence-electron chi connectivity index (χ0n) is 45.8. The van der Waals surface area contributed by atoms with Crippen molar-refractivity contribution >= 4 is 60.8 Å². The van der Waals surface area contributed by atoms with E-state index in [-0.39, 0.29) is 0 Å². The Bertz CT molecular complexity index is 3380. The lowest BCUT2D eigenvalue weighted by Gasteiger charge is -2.31. The van der Waals surface area contributed by atoms with E-state index in [0.717, 1.165) is 57.3 Å². The minimum atomic E-state index is 1.09. The topological polar surface area (TPSA) is 6.48 Å². The molecule has 0 bridgehead atoms. The summed E-state index contributed by atoms with van der Waals surface area (Å²) in [6, 6.07) is 68.7. The molecule has 0 amide bonds. The molecule has 2 heteroatoms. The fourth-order valence-corrected chi connectivity index (χ4v) is 9.57. The summed E-state index contributed by atoms with van der Waals surface area (Å²) in [5.41, 5.74) is 16.6. The summed E-state index contributed by atoms with van der Waals surface area (Å²) >= 11 is 0. The van der Waals surface area contributed by atoms with E-state index in [1.807, 2.05) is 72.8 Å². The number of anilines is 5. The smallest absolute Gasteiger partial charge is 0.0540 e. The van der Waals surface area contributed by atoms with Gasteiger partial charge in [0, 0.05) is 33.8 Å². The van der Waals surface area contributed by atoms with E-state index < -0.39 is 0 Å². The van der Waals surface area contributed by atoms with Gasteiger partial charge in [-0.25, -0.2) is 0 Å². The number of hydrogen-bond acceptors (Lipinski definition) is 2. The number of nitrogens with zero attached hydrogens (tertiary/aromatic N) is 2. The first-order valence-electron chi connectivity index (χ1n) is 26.8. The van der Waals surface area contributed by atoms with Crippen LogP contribution in [0.15, 0.2) is 260 Å². The Balaban J connectivity index is 0.000000623. The molecular weight excluding hydrogens is 893 g/mol. The fraction of sp³-hybridized carbons (Fsp3) is 0.167. The lowest BCUT2D eigenvalue weighted by Crippen LogP contribution is -2.18. The van der Waals surface area contributed by atoms with Crippen molar-refractivity contribution in [2.24, 2.45) is 0 Å². The molecule has 0 radical (unpaired) electrons. The van der Waals surface area contributed by atoms with E-state index >= 15 is 0 Å². The zero-order valence-corrected chi connectivity index (χ0v) is 45.8. The van der Waals surface area contributed by atoms with E-state index in [1.165, 1.54) is 60.1 Å². The highest BCUT2D eigenvalue weighted by molar-refractivity contribution is 6.19. The van der Waals surface area contributed by atoms with Crippen LogP contribution >= 0.6 is 0 Å². The van der Waals surface area contributed by atoms with Gasteiger partial charge in [-0.3, -0.25) is 0 Å². The van der Waals surface area contributed by atoms with Gasteiger partial charge < -0.3 is 9.80 Å². The molecule has 374 valence electrons. The summed E-state index contributed by atoms with van der Waals surface area (Å²) in [6.45, 7) is 26.6. The molecule has 1 aliphatic carbocycles. The third-order valence-electron chi connectivity index (χ3n) is 12.8. The molecule has 9 aromatic carbocycles. The van der Waals surface area contributed by atoms with Crippen LogP contribution in [-0.2, 0) is 0 Å². The second-order valence-electron chi connectivity index (χ2n) is 17.2. The fourth-order valence-electron chi connectivity index (χ4n) is 9.57. The van der Waals surface area contributed by atoms with Crippen LogP contribution in [0.2, 0.25) is 0 Å². The number of allylic oxidation sites excluding steroid dienone is 9. The third kappa shape index (κ3) is 12.0. The molecule has 0 spiro atoms. The van der Waals surface area contributed by atoms with Crippen molar-refractivity contribution in [3.63, 3.8) is 0 Å². The predicted molar refractivity (Wildman–Crippen MR) is 332 cm³/mol. The monoisotopic (exact) mass is 969 g/mol. The molecule has 0 fully saturated rings. The molecule has 2 nitrogen and oxygen atoms in total. The Morgan fingerprint density at radius 3 is 1.64 bits per heavy atom. The molecule has 0 aliphatic heterocycles. The van der Waals surface area contributed by atoms with E-state index in [4.69, 9.17) is 0 Å². The standard InChI is InChI=1S/C59H46N2.C7H12.3C2H6/c1-5-7-19-49(40(3)4)57(6-2)61(58-38-37-55-53-22-14-13-21-52(53)54-23-15-24-56(58)59(54)55)47-33-29-42(30-34-47)41-27-31-46(32-28-41)60(45-17-9-8-10-18-45)48-35-36-51-44(39-48)26-25-43-16-11-12-20-50(43)51;1-3-5-7-6-4-2;3*1-2/h5-39H,1H2,2-4H3;3,5-7H,4H2,1-2H3;3*1-2H3/b19-7-,57-6+;5-3-,7-6-;;;. The SMILES string of the molecule is C/C=C\C=C/CC.C=C/C=C\C(=C(C)C)/C(=C\C)N(c1ccc(-c2ccc(N(c3ccccc3)c3ccc4c(ccc5ccccc54)c3)cc2)cc1)c1ccc2c3c(cccc13)-c1ccccc1-2.CC.CC.CC. The van der Waals surface area contributed by atoms with E-state index in [1.54, 1.807) is 0 Å². The van der Waals surface area contributed by atoms with E-state index in [2.05, 4.69) is 256 Å². The van der Waals surface area contributed by atoms with Crippen LogP contribution in [0.4, 0.5) is 28.4 Å². The molecule has 0 heterocycles. The molecule has 0 saturated carbocycles. The lowest BCUT2D eigenvalue weighted by atomic mass is 9.97. The molecule has 74 heavy (non-hydrogen) atoms. The highest BCUT2D eigenvalue weighted by Gasteiger charge is 2.26. The van der Waals surface area contributed by atoms with Crippen molar-refractivity contribution in [3.05, 3.63) is 260 Å². The average Bonchev–Trinajstić information content (AvgIpc) is 3.80. The minimum absolute atomic E-state index is 1.09. The highest BCUT2D eigenvalue weighted by Crippen LogP contribution is 2.51. The molecule has 10 rings (SSSR count). The normalized spacial score (nSPS) is 11.2. The Labute approximate surface area is 444 Å². The van der Waals surface area contributed by atoms with Crippen molar-refractivity contribution in [1.82, 2.24) is 0 Å². The second-order valence-corrected chi connectivity index (χ2v) is 17.2. The summed E-state index contributed by atoms with van der Waals surface area (Å²) < 4.78 is 0. The van der Waals surface area contributed by atoms with Crippen LogP contribution < -0.4 is 9.80 Å². The van der Waals surface area contributed by atoms with Crippen molar-refractivity contribution in [1.29, 1.82) is 0 Å². The van der Waals surface area contributed by atoms with Crippen molar-refractivity contribution in [2.75, 3.05) is 9.80 Å². The van der Waals surface area contributed by atoms with Gasteiger partial charge in [0.1, 0.15) is 0 Å². The number of fused-ring (bicyclic) bond motifs is 6. The predicted octanol–water partition coefficient (Wildman–Crippen LogP) is 22.7. The number of benzene rings is 9. The van der Waals surface area contributed by atoms with Gasteiger partial charge in [0.15, 0.2) is 0 Å². The summed E-state index contributed by atoms with van der Waals surface area (Å²) in [5, 5.41) is 7.55. The van der Waals surface area contributed by atoms with Gasteiger partial charge >= 0.3 is 0 Å².